The van der Waals surface area contributed by atoms with E-state index >= 15 is 0 Å². The predicted octanol–water partition coefficient (Wildman–Crippen LogP) is 0.866. The maximum Gasteiger partial charge on any atom is 0.329 e. The number of hydrogen-bond donors (Lipinski definition) is 2. The summed E-state index contributed by atoms with van der Waals surface area (Å²) in [5.74, 6) is -1.82. The SMILES string of the molecule is CC1(C(=O)O)CCCN1C(=O)c1ncccc1O. The minimum Gasteiger partial charge on any atom is -0.505 e. The molecular weight excluding hydrogens is 236 g/mol. The largest absolute Gasteiger partial charge is 0.505 e. The Morgan fingerprint density at radius 2 is 2.22 bits per heavy atom. The molecule has 2 rings (SSSR count). The normalized spacial score (nSPS) is 23.1. The number of carboxylic acid groups (broad SMARTS) is 1. The van der Waals surface area contributed by atoms with Gasteiger partial charge in [-0.15, -0.1) is 0 Å². The van der Waals surface area contributed by atoms with Crippen LogP contribution in [0.15, 0.2) is 18.3 Å². The summed E-state index contributed by atoms with van der Waals surface area (Å²) in [5.41, 5.74) is -1.33. The fourth-order valence-electron chi connectivity index (χ4n) is 2.20. The molecule has 2 heterocycles. The molecule has 6 nitrogen and oxygen atoms in total. The first-order chi connectivity index (χ1) is 8.47. The summed E-state index contributed by atoms with van der Waals surface area (Å²) < 4.78 is 0. The molecule has 1 atom stereocenters. The van der Waals surface area contributed by atoms with Gasteiger partial charge < -0.3 is 15.1 Å². The number of carbonyl (C=O) groups excluding carboxylic acids is 1. The van der Waals surface area contributed by atoms with Gasteiger partial charge >= 0.3 is 5.97 Å². The molecule has 18 heavy (non-hydrogen) atoms. The summed E-state index contributed by atoms with van der Waals surface area (Å²) in [6, 6.07) is 2.86. The third kappa shape index (κ3) is 1.79. The van der Waals surface area contributed by atoms with Gasteiger partial charge in [-0.3, -0.25) is 4.79 Å². The van der Waals surface area contributed by atoms with Gasteiger partial charge in [0, 0.05) is 12.7 Å². The Morgan fingerprint density at radius 1 is 1.50 bits per heavy atom. The smallest absolute Gasteiger partial charge is 0.329 e. The molecule has 0 aliphatic carbocycles. The lowest BCUT2D eigenvalue weighted by molar-refractivity contribution is -0.147. The van der Waals surface area contributed by atoms with Crippen molar-refractivity contribution in [3.63, 3.8) is 0 Å². The van der Waals surface area contributed by atoms with E-state index in [1.807, 2.05) is 0 Å². The Hall–Kier alpha value is -2.11. The van der Waals surface area contributed by atoms with Crippen LogP contribution >= 0.6 is 0 Å². The lowest BCUT2D eigenvalue weighted by atomic mass is 9.99. The number of hydrogen-bond acceptors (Lipinski definition) is 4. The van der Waals surface area contributed by atoms with Crippen LogP contribution in [0.25, 0.3) is 0 Å². The minimum atomic E-state index is -1.22. The zero-order valence-corrected chi connectivity index (χ0v) is 9.96. The van der Waals surface area contributed by atoms with Gasteiger partial charge in [0.1, 0.15) is 11.3 Å². The van der Waals surface area contributed by atoms with Crippen molar-refractivity contribution in [3.8, 4) is 5.75 Å². The van der Waals surface area contributed by atoms with E-state index in [1.165, 1.54) is 30.2 Å². The number of pyridine rings is 1. The number of aromatic hydroxyl groups is 1. The van der Waals surface area contributed by atoms with Gasteiger partial charge in [-0.05, 0) is 31.9 Å². The molecule has 1 unspecified atom stereocenters. The summed E-state index contributed by atoms with van der Waals surface area (Å²) in [6.07, 6.45) is 2.42. The average Bonchev–Trinajstić information content (AvgIpc) is 2.72. The molecule has 0 saturated carbocycles. The van der Waals surface area contributed by atoms with E-state index < -0.39 is 17.4 Å². The zero-order valence-electron chi connectivity index (χ0n) is 9.96. The van der Waals surface area contributed by atoms with Crippen LogP contribution in [0.3, 0.4) is 0 Å². The van der Waals surface area contributed by atoms with Crippen molar-refractivity contribution in [2.24, 2.45) is 0 Å². The minimum absolute atomic E-state index is 0.105. The number of likely N-dealkylation sites (tertiary alicyclic amines) is 1. The maximum atomic E-state index is 12.2. The summed E-state index contributed by atoms with van der Waals surface area (Å²) in [6.45, 7) is 1.87. The Kier molecular flexibility index (Phi) is 2.94. The van der Waals surface area contributed by atoms with E-state index in [-0.39, 0.29) is 11.4 Å². The molecule has 6 heteroatoms. The highest BCUT2D eigenvalue weighted by molar-refractivity contribution is 5.98. The number of aromatic nitrogens is 1. The fourth-order valence-corrected chi connectivity index (χ4v) is 2.20. The lowest BCUT2D eigenvalue weighted by Crippen LogP contribution is -2.50. The molecule has 1 fully saturated rings. The van der Waals surface area contributed by atoms with E-state index in [0.717, 1.165) is 0 Å². The van der Waals surface area contributed by atoms with E-state index in [2.05, 4.69) is 4.98 Å². The van der Waals surface area contributed by atoms with Gasteiger partial charge in [0.05, 0.1) is 0 Å². The van der Waals surface area contributed by atoms with Crippen molar-refractivity contribution in [2.45, 2.75) is 25.3 Å². The lowest BCUT2D eigenvalue weighted by Gasteiger charge is -2.30. The third-order valence-corrected chi connectivity index (χ3v) is 3.34. The fraction of sp³-hybridized carbons (Fsp3) is 0.417. The van der Waals surface area contributed by atoms with Gasteiger partial charge in [-0.1, -0.05) is 0 Å². The van der Waals surface area contributed by atoms with Gasteiger partial charge in [-0.2, -0.15) is 0 Å². The van der Waals surface area contributed by atoms with E-state index in [4.69, 9.17) is 0 Å². The zero-order chi connectivity index (χ0) is 13.3. The van der Waals surface area contributed by atoms with Crippen LogP contribution in [0.2, 0.25) is 0 Å². The molecule has 2 N–H and O–H groups in total. The number of amides is 1. The second-order valence-electron chi connectivity index (χ2n) is 4.51. The first-order valence-electron chi connectivity index (χ1n) is 5.66. The Labute approximate surface area is 104 Å². The summed E-state index contributed by atoms with van der Waals surface area (Å²) in [5, 5.41) is 18.8. The van der Waals surface area contributed by atoms with Crippen molar-refractivity contribution < 1.29 is 19.8 Å². The van der Waals surface area contributed by atoms with E-state index in [0.29, 0.717) is 19.4 Å². The number of rotatable bonds is 2. The van der Waals surface area contributed by atoms with Crippen molar-refractivity contribution in [1.82, 2.24) is 9.88 Å². The van der Waals surface area contributed by atoms with Crippen LogP contribution in [0.5, 0.6) is 5.75 Å². The van der Waals surface area contributed by atoms with Crippen LogP contribution < -0.4 is 0 Å². The number of carbonyl (C=O) groups is 2. The first kappa shape index (κ1) is 12.3. The topological polar surface area (TPSA) is 90.7 Å². The number of nitrogens with zero attached hydrogens (tertiary/aromatic N) is 2. The second-order valence-corrected chi connectivity index (χ2v) is 4.51. The summed E-state index contributed by atoms with van der Waals surface area (Å²) in [4.78, 5) is 28.6. The van der Waals surface area contributed by atoms with Gasteiger partial charge in [-0.25, -0.2) is 9.78 Å². The van der Waals surface area contributed by atoms with Crippen LogP contribution in [0.1, 0.15) is 30.3 Å². The van der Waals surface area contributed by atoms with E-state index in [1.54, 1.807) is 0 Å². The molecule has 1 aromatic rings. The first-order valence-corrected chi connectivity index (χ1v) is 5.66. The molecule has 0 spiro atoms. The molecular formula is C12H14N2O4. The number of aliphatic carboxylic acids is 1. The Balaban J connectivity index is 2.35. The van der Waals surface area contributed by atoms with Gasteiger partial charge in [0.2, 0.25) is 0 Å². The van der Waals surface area contributed by atoms with Crippen LogP contribution in [0.4, 0.5) is 0 Å². The van der Waals surface area contributed by atoms with Gasteiger partial charge in [0.25, 0.3) is 5.91 Å². The summed E-state index contributed by atoms with van der Waals surface area (Å²) in [7, 11) is 0. The number of carboxylic acids is 1. The van der Waals surface area contributed by atoms with Crippen LogP contribution in [0, 0.1) is 0 Å². The van der Waals surface area contributed by atoms with Gasteiger partial charge in [0.15, 0.2) is 5.69 Å². The monoisotopic (exact) mass is 250 g/mol. The predicted molar refractivity (Wildman–Crippen MR) is 62.2 cm³/mol. The molecule has 0 aromatic carbocycles. The van der Waals surface area contributed by atoms with Crippen molar-refractivity contribution in [1.29, 1.82) is 0 Å². The highest BCUT2D eigenvalue weighted by Gasteiger charge is 2.46. The Bertz CT molecular complexity index is 503. The molecule has 1 aliphatic rings. The Morgan fingerprint density at radius 3 is 2.83 bits per heavy atom. The third-order valence-electron chi connectivity index (χ3n) is 3.34. The van der Waals surface area contributed by atoms with Crippen molar-refractivity contribution >= 4 is 11.9 Å². The van der Waals surface area contributed by atoms with Crippen molar-refractivity contribution in [3.05, 3.63) is 24.0 Å². The van der Waals surface area contributed by atoms with Crippen LogP contribution in [-0.2, 0) is 4.79 Å². The second kappa shape index (κ2) is 4.29. The highest BCUT2D eigenvalue weighted by Crippen LogP contribution is 2.31. The summed E-state index contributed by atoms with van der Waals surface area (Å²) >= 11 is 0. The molecule has 0 bridgehead atoms. The molecule has 1 aromatic heterocycles. The average molecular weight is 250 g/mol. The molecule has 1 saturated heterocycles. The quantitative estimate of drug-likeness (QED) is 0.812. The van der Waals surface area contributed by atoms with Crippen LogP contribution in [-0.4, -0.2) is 44.1 Å². The maximum absolute atomic E-state index is 12.2. The standard InChI is InChI=1S/C12H14N2O4/c1-12(11(17)18)5-3-7-14(12)10(16)9-8(15)4-2-6-13-9/h2,4,6,15H,3,5,7H2,1H3,(H,17,18). The molecule has 1 amide bonds. The molecule has 0 radical (unpaired) electrons. The van der Waals surface area contributed by atoms with E-state index in [9.17, 15) is 19.8 Å². The highest BCUT2D eigenvalue weighted by atomic mass is 16.4. The van der Waals surface area contributed by atoms with Crippen molar-refractivity contribution in [2.75, 3.05) is 6.54 Å². The molecule has 96 valence electrons. The molecule has 1 aliphatic heterocycles.